The summed E-state index contributed by atoms with van der Waals surface area (Å²) in [7, 11) is 2.22. The van der Waals surface area contributed by atoms with Crippen LogP contribution in [0.3, 0.4) is 0 Å². The molecule has 0 radical (unpaired) electrons. The molecule has 1 fully saturated rings. The second kappa shape index (κ2) is 6.41. The SMILES string of the molecule is CC(C)CN(C)CCNC1CCCC1. The third-order valence-corrected chi connectivity index (χ3v) is 2.96. The molecule has 84 valence electrons. The van der Waals surface area contributed by atoms with Gasteiger partial charge in [0.2, 0.25) is 0 Å². The maximum Gasteiger partial charge on any atom is 0.0104 e. The van der Waals surface area contributed by atoms with Crippen LogP contribution < -0.4 is 5.32 Å². The molecule has 0 aromatic rings. The van der Waals surface area contributed by atoms with Crippen LogP contribution in [-0.4, -0.2) is 37.6 Å². The van der Waals surface area contributed by atoms with Gasteiger partial charge >= 0.3 is 0 Å². The first-order valence-electron chi connectivity index (χ1n) is 6.10. The van der Waals surface area contributed by atoms with Gasteiger partial charge in [-0.1, -0.05) is 26.7 Å². The second-order valence-electron chi connectivity index (χ2n) is 5.09. The van der Waals surface area contributed by atoms with Gasteiger partial charge in [-0.05, 0) is 25.8 Å². The average molecular weight is 198 g/mol. The summed E-state index contributed by atoms with van der Waals surface area (Å²) in [5, 5.41) is 3.64. The Hall–Kier alpha value is -0.0800. The highest BCUT2D eigenvalue weighted by Crippen LogP contribution is 2.17. The summed E-state index contributed by atoms with van der Waals surface area (Å²) in [5.41, 5.74) is 0. The average Bonchev–Trinajstić information content (AvgIpc) is 2.55. The third-order valence-electron chi connectivity index (χ3n) is 2.96. The molecule has 1 N–H and O–H groups in total. The van der Waals surface area contributed by atoms with E-state index in [1.807, 2.05) is 0 Å². The summed E-state index contributed by atoms with van der Waals surface area (Å²) in [6.45, 7) is 8.12. The minimum absolute atomic E-state index is 0.784. The van der Waals surface area contributed by atoms with E-state index in [9.17, 15) is 0 Å². The Bertz CT molecular complexity index is 139. The first-order chi connectivity index (χ1) is 6.68. The van der Waals surface area contributed by atoms with Crippen LogP contribution in [0.1, 0.15) is 39.5 Å². The quantitative estimate of drug-likeness (QED) is 0.703. The number of nitrogens with one attached hydrogen (secondary N) is 1. The standard InChI is InChI=1S/C12H26N2/c1-11(2)10-14(3)9-8-13-12-6-4-5-7-12/h11-13H,4-10H2,1-3H3. The van der Waals surface area contributed by atoms with Gasteiger partial charge in [0, 0.05) is 25.7 Å². The van der Waals surface area contributed by atoms with Crippen LogP contribution in [0.2, 0.25) is 0 Å². The second-order valence-corrected chi connectivity index (χ2v) is 5.09. The van der Waals surface area contributed by atoms with Crippen molar-refractivity contribution >= 4 is 0 Å². The molecular formula is C12H26N2. The highest BCUT2D eigenvalue weighted by atomic mass is 15.1. The monoisotopic (exact) mass is 198 g/mol. The molecule has 0 atom stereocenters. The fourth-order valence-electron chi connectivity index (χ4n) is 2.30. The van der Waals surface area contributed by atoms with Crippen molar-refractivity contribution in [2.24, 2.45) is 5.92 Å². The molecular weight excluding hydrogens is 172 g/mol. The molecule has 0 amide bonds. The van der Waals surface area contributed by atoms with Crippen LogP contribution >= 0.6 is 0 Å². The smallest absolute Gasteiger partial charge is 0.0104 e. The van der Waals surface area contributed by atoms with E-state index in [0.717, 1.165) is 18.5 Å². The maximum absolute atomic E-state index is 3.64. The Morgan fingerprint density at radius 2 is 1.93 bits per heavy atom. The van der Waals surface area contributed by atoms with E-state index in [0.29, 0.717) is 0 Å². The molecule has 1 aliphatic rings. The molecule has 2 nitrogen and oxygen atoms in total. The number of likely N-dealkylation sites (N-methyl/N-ethyl adjacent to an activating group) is 1. The first-order valence-corrected chi connectivity index (χ1v) is 6.10. The molecule has 0 aliphatic heterocycles. The van der Waals surface area contributed by atoms with Crippen molar-refractivity contribution in [2.75, 3.05) is 26.7 Å². The molecule has 0 unspecified atom stereocenters. The summed E-state index contributed by atoms with van der Waals surface area (Å²) in [4.78, 5) is 2.42. The van der Waals surface area contributed by atoms with Gasteiger partial charge in [-0.2, -0.15) is 0 Å². The molecule has 1 aliphatic carbocycles. The van der Waals surface area contributed by atoms with E-state index in [2.05, 4.69) is 31.1 Å². The van der Waals surface area contributed by atoms with Crippen molar-refractivity contribution in [2.45, 2.75) is 45.6 Å². The number of rotatable bonds is 6. The lowest BCUT2D eigenvalue weighted by molar-refractivity contribution is 0.289. The molecule has 0 bridgehead atoms. The molecule has 0 saturated heterocycles. The van der Waals surface area contributed by atoms with Gasteiger partial charge in [-0.25, -0.2) is 0 Å². The van der Waals surface area contributed by atoms with Crippen LogP contribution in [0, 0.1) is 5.92 Å². The van der Waals surface area contributed by atoms with Crippen LogP contribution in [0.5, 0.6) is 0 Å². The Kier molecular flexibility index (Phi) is 5.49. The van der Waals surface area contributed by atoms with Gasteiger partial charge in [0.25, 0.3) is 0 Å². The molecule has 2 heteroatoms. The molecule has 0 aromatic carbocycles. The fourth-order valence-corrected chi connectivity index (χ4v) is 2.30. The molecule has 1 rings (SSSR count). The molecule has 0 heterocycles. The number of nitrogens with zero attached hydrogens (tertiary/aromatic N) is 1. The predicted molar refractivity (Wildman–Crippen MR) is 62.6 cm³/mol. The summed E-state index contributed by atoms with van der Waals surface area (Å²) >= 11 is 0. The van der Waals surface area contributed by atoms with Gasteiger partial charge in [0.15, 0.2) is 0 Å². The topological polar surface area (TPSA) is 15.3 Å². The number of hydrogen-bond donors (Lipinski definition) is 1. The van der Waals surface area contributed by atoms with Gasteiger partial charge in [-0.3, -0.25) is 0 Å². The largest absolute Gasteiger partial charge is 0.313 e. The summed E-state index contributed by atoms with van der Waals surface area (Å²) in [6.07, 6.45) is 5.65. The lowest BCUT2D eigenvalue weighted by Crippen LogP contribution is -2.35. The summed E-state index contributed by atoms with van der Waals surface area (Å²) in [6, 6.07) is 0.822. The Morgan fingerprint density at radius 3 is 2.50 bits per heavy atom. The van der Waals surface area contributed by atoms with Crippen molar-refractivity contribution in [3.8, 4) is 0 Å². The van der Waals surface area contributed by atoms with E-state index in [1.165, 1.54) is 38.8 Å². The normalized spacial score (nSPS) is 18.6. The van der Waals surface area contributed by atoms with Crippen LogP contribution in [0.25, 0.3) is 0 Å². The van der Waals surface area contributed by atoms with E-state index >= 15 is 0 Å². The molecule has 1 saturated carbocycles. The third kappa shape index (κ3) is 4.97. The van der Waals surface area contributed by atoms with Crippen LogP contribution in [0.15, 0.2) is 0 Å². The lowest BCUT2D eigenvalue weighted by Gasteiger charge is -2.20. The fraction of sp³-hybridized carbons (Fsp3) is 1.00. The first kappa shape index (κ1) is 12.0. The van der Waals surface area contributed by atoms with Crippen molar-refractivity contribution in [1.82, 2.24) is 10.2 Å². The zero-order valence-electron chi connectivity index (χ0n) is 10.1. The predicted octanol–water partition coefficient (Wildman–Crippen LogP) is 2.11. The van der Waals surface area contributed by atoms with Crippen molar-refractivity contribution in [3.05, 3.63) is 0 Å². The van der Waals surface area contributed by atoms with Crippen molar-refractivity contribution < 1.29 is 0 Å². The minimum atomic E-state index is 0.784. The van der Waals surface area contributed by atoms with Crippen LogP contribution in [-0.2, 0) is 0 Å². The Labute approximate surface area is 89.1 Å². The zero-order valence-corrected chi connectivity index (χ0v) is 10.1. The number of hydrogen-bond acceptors (Lipinski definition) is 2. The van der Waals surface area contributed by atoms with Crippen LogP contribution in [0.4, 0.5) is 0 Å². The van der Waals surface area contributed by atoms with Crippen molar-refractivity contribution in [1.29, 1.82) is 0 Å². The summed E-state index contributed by atoms with van der Waals surface area (Å²) in [5.74, 6) is 0.784. The van der Waals surface area contributed by atoms with E-state index in [4.69, 9.17) is 0 Å². The van der Waals surface area contributed by atoms with Gasteiger partial charge < -0.3 is 10.2 Å². The van der Waals surface area contributed by atoms with Gasteiger partial charge in [-0.15, -0.1) is 0 Å². The van der Waals surface area contributed by atoms with E-state index in [-0.39, 0.29) is 0 Å². The zero-order chi connectivity index (χ0) is 10.4. The van der Waals surface area contributed by atoms with Crippen molar-refractivity contribution in [3.63, 3.8) is 0 Å². The highest BCUT2D eigenvalue weighted by molar-refractivity contribution is 4.73. The van der Waals surface area contributed by atoms with E-state index < -0.39 is 0 Å². The lowest BCUT2D eigenvalue weighted by atomic mass is 10.2. The summed E-state index contributed by atoms with van der Waals surface area (Å²) < 4.78 is 0. The molecule has 14 heavy (non-hydrogen) atoms. The Balaban J connectivity index is 1.96. The van der Waals surface area contributed by atoms with Gasteiger partial charge in [0.05, 0.1) is 0 Å². The van der Waals surface area contributed by atoms with E-state index in [1.54, 1.807) is 0 Å². The minimum Gasteiger partial charge on any atom is -0.313 e. The molecule has 0 aromatic heterocycles. The highest BCUT2D eigenvalue weighted by Gasteiger charge is 2.13. The van der Waals surface area contributed by atoms with Gasteiger partial charge in [0.1, 0.15) is 0 Å². The maximum atomic E-state index is 3.64. The Morgan fingerprint density at radius 1 is 1.29 bits per heavy atom. The molecule has 0 spiro atoms.